The van der Waals surface area contributed by atoms with Gasteiger partial charge < -0.3 is 4.74 Å². The fourth-order valence-electron chi connectivity index (χ4n) is 8.25. The molecule has 0 amide bonds. The van der Waals surface area contributed by atoms with E-state index in [9.17, 15) is 0 Å². The van der Waals surface area contributed by atoms with Crippen LogP contribution < -0.4 is 4.74 Å². The van der Waals surface area contributed by atoms with Crippen molar-refractivity contribution in [3.05, 3.63) is 210 Å². The molecule has 0 fully saturated rings. The van der Waals surface area contributed by atoms with Gasteiger partial charge in [0.25, 0.3) is 0 Å². The molecular formula is C47H32N2O. The van der Waals surface area contributed by atoms with Crippen molar-refractivity contribution in [1.29, 1.82) is 0 Å². The lowest BCUT2D eigenvalue weighted by Gasteiger charge is -2.42. The lowest BCUT2D eigenvalue weighted by atomic mass is 9.64. The number of aromatic nitrogens is 2. The Morgan fingerprint density at radius 2 is 1.00 bits per heavy atom. The van der Waals surface area contributed by atoms with E-state index < -0.39 is 5.41 Å². The van der Waals surface area contributed by atoms with Crippen molar-refractivity contribution in [2.24, 2.45) is 0 Å². The van der Waals surface area contributed by atoms with Gasteiger partial charge in [-0.1, -0.05) is 164 Å². The first kappa shape index (κ1) is 28.7. The second kappa shape index (κ2) is 11.4. The van der Waals surface area contributed by atoms with E-state index in [2.05, 4.69) is 164 Å². The van der Waals surface area contributed by atoms with Crippen LogP contribution in [0.3, 0.4) is 0 Å². The van der Waals surface area contributed by atoms with E-state index in [1.165, 1.54) is 44.5 Å². The molecule has 3 aliphatic rings. The highest BCUT2D eigenvalue weighted by molar-refractivity contribution is 5.88. The van der Waals surface area contributed by atoms with Gasteiger partial charge in [0, 0.05) is 34.6 Å². The molecule has 1 unspecified atom stereocenters. The maximum atomic E-state index is 6.86. The molecule has 0 radical (unpaired) electrons. The number of benzene rings is 6. The minimum Gasteiger partial charge on any atom is -0.461 e. The maximum absolute atomic E-state index is 6.86. The second-order valence-corrected chi connectivity index (χ2v) is 13.3. The molecule has 6 aromatic carbocycles. The van der Waals surface area contributed by atoms with Gasteiger partial charge in [-0.3, -0.25) is 0 Å². The average molecular weight is 641 g/mol. The first-order valence-electron chi connectivity index (χ1n) is 17.3. The highest BCUT2D eigenvalue weighted by atomic mass is 16.5. The van der Waals surface area contributed by atoms with Crippen LogP contribution in [0.25, 0.3) is 44.8 Å². The first-order chi connectivity index (χ1) is 24.8. The number of rotatable bonds is 4. The Bertz CT molecular complexity index is 2430. The SMILES string of the molecule is C1=CC(c2nc(-c3ccccc3)cc(-c3ccc(-c4ccccc4)cc3)n2)CC2=C1C1(c3ccccc3O2)c2ccccc2-c2ccccc21. The second-order valence-electron chi connectivity index (χ2n) is 13.3. The van der Waals surface area contributed by atoms with E-state index >= 15 is 0 Å². The molecule has 0 saturated heterocycles. The molecular weight excluding hydrogens is 609 g/mol. The monoisotopic (exact) mass is 640 g/mol. The molecule has 1 spiro atoms. The van der Waals surface area contributed by atoms with E-state index in [1.807, 2.05) is 12.1 Å². The molecule has 236 valence electrons. The molecule has 3 heteroatoms. The summed E-state index contributed by atoms with van der Waals surface area (Å²) in [6.45, 7) is 0. The Labute approximate surface area is 291 Å². The Balaban J connectivity index is 1.10. The van der Waals surface area contributed by atoms with Crippen molar-refractivity contribution in [1.82, 2.24) is 9.97 Å². The molecule has 2 aliphatic carbocycles. The van der Waals surface area contributed by atoms with Crippen LogP contribution in [0.5, 0.6) is 5.75 Å². The van der Waals surface area contributed by atoms with E-state index in [0.29, 0.717) is 6.42 Å². The molecule has 50 heavy (non-hydrogen) atoms. The third-order valence-corrected chi connectivity index (χ3v) is 10.5. The number of nitrogens with zero attached hydrogens (tertiary/aromatic N) is 2. The molecule has 10 rings (SSSR count). The van der Waals surface area contributed by atoms with E-state index in [-0.39, 0.29) is 5.92 Å². The summed E-state index contributed by atoms with van der Waals surface area (Å²) < 4.78 is 6.86. The molecule has 0 saturated carbocycles. The highest BCUT2D eigenvalue weighted by Gasteiger charge is 2.52. The van der Waals surface area contributed by atoms with Crippen molar-refractivity contribution in [3.8, 4) is 50.5 Å². The summed E-state index contributed by atoms with van der Waals surface area (Å²) in [5.74, 6) is 2.61. The van der Waals surface area contributed by atoms with Crippen LogP contribution >= 0.6 is 0 Å². The van der Waals surface area contributed by atoms with Gasteiger partial charge >= 0.3 is 0 Å². The fourth-order valence-corrected chi connectivity index (χ4v) is 8.25. The summed E-state index contributed by atoms with van der Waals surface area (Å²) in [6.07, 6.45) is 5.26. The fraction of sp³-hybridized carbons (Fsp3) is 0.0638. The number of ether oxygens (including phenoxy) is 1. The van der Waals surface area contributed by atoms with Crippen molar-refractivity contribution >= 4 is 0 Å². The quantitative estimate of drug-likeness (QED) is 0.192. The normalized spacial score (nSPS) is 16.3. The van der Waals surface area contributed by atoms with Gasteiger partial charge in [0.2, 0.25) is 0 Å². The Hall–Kier alpha value is -6.32. The van der Waals surface area contributed by atoms with E-state index in [4.69, 9.17) is 14.7 Å². The Kier molecular flexibility index (Phi) is 6.53. The van der Waals surface area contributed by atoms with Crippen LogP contribution in [0.2, 0.25) is 0 Å². The summed E-state index contributed by atoms with van der Waals surface area (Å²) >= 11 is 0. The molecule has 3 nitrogen and oxygen atoms in total. The van der Waals surface area contributed by atoms with E-state index in [1.54, 1.807) is 0 Å². The van der Waals surface area contributed by atoms with Gasteiger partial charge in [0.05, 0.1) is 16.8 Å². The zero-order valence-electron chi connectivity index (χ0n) is 27.3. The van der Waals surface area contributed by atoms with Crippen LogP contribution in [-0.2, 0) is 5.41 Å². The molecule has 1 aromatic heterocycles. The van der Waals surface area contributed by atoms with Gasteiger partial charge in [-0.2, -0.15) is 0 Å². The summed E-state index contributed by atoms with van der Waals surface area (Å²) in [6, 6.07) is 58.0. The number of fused-ring (bicyclic) bond motifs is 8. The summed E-state index contributed by atoms with van der Waals surface area (Å²) in [4.78, 5) is 10.5. The van der Waals surface area contributed by atoms with Gasteiger partial charge in [0.1, 0.15) is 17.3 Å². The lowest BCUT2D eigenvalue weighted by Crippen LogP contribution is -2.35. The van der Waals surface area contributed by atoms with Crippen molar-refractivity contribution < 1.29 is 4.74 Å². The van der Waals surface area contributed by atoms with E-state index in [0.717, 1.165) is 39.8 Å². The van der Waals surface area contributed by atoms with Crippen LogP contribution in [0, 0.1) is 0 Å². The van der Waals surface area contributed by atoms with Crippen molar-refractivity contribution in [3.63, 3.8) is 0 Å². The van der Waals surface area contributed by atoms with Crippen LogP contribution in [0.1, 0.15) is 34.9 Å². The standard InChI is InChI=1S/C47H32N2O/c1-3-13-31(14-4-1)32-23-25-34(26-24-32)43-30-42(33-15-5-2-6-16-33)48-46(49-43)35-27-28-41-45(29-35)50-44-22-12-11-21-40(44)47(41)38-19-9-7-17-36(38)37-18-8-10-20-39(37)47/h1-28,30,35H,29H2. The average Bonchev–Trinajstić information content (AvgIpc) is 3.49. The van der Waals surface area contributed by atoms with Crippen LogP contribution in [0.4, 0.5) is 0 Å². The number of hydrogen-bond donors (Lipinski definition) is 0. The first-order valence-corrected chi connectivity index (χ1v) is 17.3. The molecule has 0 bridgehead atoms. The Morgan fingerprint density at radius 1 is 0.500 bits per heavy atom. The summed E-state index contributed by atoms with van der Waals surface area (Å²) in [7, 11) is 0. The van der Waals surface area contributed by atoms with Crippen LogP contribution in [0.15, 0.2) is 187 Å². The number of para-hydroxylation sites is 1. The third-order valence-electron chi connectivity index (χ3n) is 10.5. The van der Waals surface area contributed by atoms with Gasteiger partial charge in [-0.25, -0.2) is 9.97 Å². The van der Waals surface area contributed by atoms with Gasteiger partial charge in [0.15, 0.2) is 0 Å². The zero-order valence-corrected chi connectivity index (χ0v) is 27.3. The van der Waals surface area contributed by atoms with Crippen molar-refractivity contribution in [2.45, 2.75) is 17.8 Å². The number of allylic oxidation sites excluding steroid dienone is 4. The van der Waals surface area contributed by atoms with Gasteiger partial charge in [-0.15, -0.1) is 0 Å². The summed E-state index contributed by atoms with van der Waals surface area (Å²) in [5.41, 5.74) is 13.4. The number of hydrogen-bond acceptors (Lipinski definition) is 3. The summed E-state index contributed by atoms with van der Waals surface area (Å²) in [5, 5.41) is 0. The largest absolute Gasteiger partial charge is 0.461 e. The minimum absolute atomic E-state index is 0.0612. The van der Waals surface area contributed by atoms with Crippen molar-refractivity contribution in [2.75, 3.05) is 0 Å². The predicted octanol–water partition coefficient (Wildman–Crippen LogP) is 11.2. The maximum Gasteiger partial charge on any atom is 0.136 e. The van der Waals surface area contributed by atoms with Crippen LogP contribution in [-0.4, -0.2) is 9.97 Å². The molecule has 7 aromatic rings. The molecule has 0 N–H and O–H groups in total. The molecule has 1 atom stereocenters. The molecule has 1 aliphatic heterocycles. The predicted molar refractivity (Wildman–Crippen MR) is 201 cm³/mol. The smallest absolute Gasteiger partial charge is 0.136 e. The highest BCUT2D eigenvalue weighted by Crippen LogP contribution is 2.61. The zero-order chi connectivity index (χ0) is 33.1. The minimum atomic E-state index is -0.461. The lowest BCUT2D eigenvalue weighted by molar-refractivity contribution is 0.355. The molecule has 2 heterocycles. The topological polar surface area (TPSA) is 35.0 Å². The van der Waals surface area contributed by atoms with Gasteiger partial charge in [-0.05, 0) is 45.5 Å². The Morgan fingerprint density at radius 3 is 1.66 bits per heavy atom. The third kappa shape index (κ3) is 4.37.